The molecule has 0 aromatic carbocycles. The van der Waals surface area contributed by atoms with Gasteiger partial charge in [0.2, 0.25) is 0 Å². The Morgan fingerprint density at radius 3 is 2.67 bits per heavy atom. The lowest BCUT2D eigenvalue weighted by molar-refractivity contribution is -0.119. The van der Waals surface area contributed by atoms with Crippen LogP contribution in [0.3, 0.4) is 0 Å². The van der Waals surface area contributed by atoms with Crippen LogP contribution in [0.4, 0.5) is 0 Å². The average molecular weight is 289 g/mol. The summed E-state index contributed by atoms with van der Waals surface area (Å²) in [5, 5.41) is 10.7. The molecule has 0 spiro atoms. The lowest BCUT2D eigenvalue weighted by Gasteiger charge is -2.58. The first-order chi connectivity index (χ1) is 9.88. The molecular formula is C19H31NO. The zero-order valence-corrected chi connectivity index (χ0v) is 13.7. The Labute approximate surface area is 129 Å². The summed E-state index contributed by atoms with van der Waals surface area (Å²) in [5.74, 6) is 2.22. The lowest BCUT2D eigenvalue weighted by Crippen LogP contribution is -2.57. The maximum Gasteiger partial charge on any atom is 0.119 e. The molecule has 0 saturated heterocycles. The maximum absolute atomic E-state index is 10.7. The van der Waals surface area contributed by atoms with E-state index in [4.69, 9.17) is 5.73 Å². The van der Waals surface area contributed by atoms with E-state index in [0.717, 1.165) is 31.1 Å². The first-order valence-corrected chi connectivity index (χ1v) is 9.09. The molecule has 2 nitrogen and oxygen atoms in total. The minimum Gasteiger partial charge on any atom is -0.376 e. The molecule has 0 aromatic rings. The molecule has 4 aliphatic carbocycles. The van der Waals surface area contributed by atoms with Gasteiger partial charge in [-0.2, -0.15) is 0 Å². The van der Waals surface area contributed by atoms with Crippen molar-refractivity contribution >= 4 is 0 Å². The quantitative estimate of drug-likeness (QED) is 0.523. The van der Waals surface area contributed by atoms with Crippen molar-refractivity contribution in [1.82, 2.24) is 0 Å². The van der Waals surface area contributed by atoms with Crippen molar-refractivity contribution in [3.05, 3.63) is 11.6 Å². The van der Waals surface area contributed by atoms with Crippen molar-refractivity contribution < 1.29 is 5.11 Å². The third-order valence-electron chi connectivity index (χ3n) is 8.23. The van der Waals surface area contributed by atoms with E-state index in [2.05, 4.69) is 19.9 Å². The summed E-state index contributed by atoms with van der Waals surface area (Å²) in [7, 11) is 0. The van der Waals surface area contributed by atoms with Gasteiger partial charge in [0.1, 0.15) is 5.72 Å². The van der Waals surface area contributed by atoms with Gasteiger partial charge in [0.25, 0.3) is 0 Å². The summed E-state index contributed by atoms with van der Waals surface area (Å²) < 4.78 is 0. The fourth-order valence-corrected chi connectivity index (χ4v) is 6.75. The van der Waals surface area contributed by atoms with E-state index in [0.29, 0.717) is 11.3 Å². The Morgan fingerprint density at radius 1 is 1.10 bits per heavy atom. The number of rotatable bonds is 0. The van der Waals surface area contributed by atoms with Gasteiger partial charge < -0.3 is 10.8 Å². The Hall–Kier alpha value is -0.340. The van der Waals surface area contributed by atoms with Crippen molar-refractivity contribution in [3.8, 4) is 0 Å². The van der Waals surface area contributed by atoms with Crippen molar-refractivity contribution in [2.45, 2.75) is 77.4 Å². The number of aliphatic hydroxyl groups is 1. The fraction of sp³-hybridized carbons (Fsp3) is 0.895. The summed E-state index contributed by atoms with van der Waals surface area (Å²) in [6, 6.07) is 0. The van der Waals surface area contributed by atoms with E-state index in [-0.39, 0.29) is 5.41 Å². The van der Waals surface area contributed by atoms with E-state index < -0.39 is 5.72 Å². The van der Waals surface area contributed by atoms with Crippen LogP contribution in [0.15, 0.2) is 11.6 Å². The second kappa shape index (κ2) is 4.35. The first-order valence-electron chi connectivity index (χ1n) is 9.09. The fourth-order valence-electron chi connectivity index (χ4n) is 6.75. The maximum atomic E-state index is 10.7. The highest BCUT2D eigenvalue weighted by Gasteiger charge is 2.62. The molecule has 3 fully saturated rings. The molecule has 0 bridgehead atoms. The molecule has 6 atom stereocenters. The summed E-state index contributed by atoms with van der Waals surface area (Å²) in [5.41, 5.74) is 7.53. The monoisotopic (exact) mass is 289 g/mol. The van der Waals surface area contributed by atoms with Gasteiger partial charge in [-0.3, -0.25) is 0 Å². The van der Waals surface area contributed by atoms with Gasteiger partial charge in [0.15, 0.2) is 0 Å². The zero-order chi connectivity index (χ0) is 14.9. The molecule has 3 N–H and O–H groups in total. The molecule has 2 heteroatoms. The summed E-state index contributed by atoms with van der Waals surface area (Å²) in [6.07, 6.45) is 13.7. The average Bonchev–Trinajstić information content (AvgIpc) is 2.69. The highest BCUT2D eigenvalue weighted by molar-refractivity contribution is 5.25. The topological polar surface area (TPSA) is 46.2 Å². The van der Waals surface area contributed by atoms with E-state index in [1.807, 2.05) is 0 Å². The highest BCUT2D eigenvalue weighted by atomic mass is 16.3. The van der Waals surface area contributed by atoms with E-state index >= 15 is 0 Å². The smallest absolute Gasteiger partial charge is 0.119 e. The summed E-state index contributed by atoms with van der Waals surface area (Å²) in [6.45, 7) is 4.81. The second-order valence-corrected chi connectivity index (χ2v) is 8.89. The zero-order valence-electron chi connectivity index (χ0n) is 13.7. The number of nitrogens with two attached hydrogens (primary N) is 1. The molecule has 0 heterocycles. The lowest BCUT2D eigenvalue weighted by atomic mass is 9.47. The van der Waals surface area contributed by atoms with E-state index in [1.165, 1.54) is 38.5 Å². The van der Waals surface area contributed by atoms with Gasteiger partial charge in [0.05, 0.1) is 0 Å². The van der Waals surface area contributed by atoms with Crippen LogP contribution in [0.25, 0.3) is 0 Å². The predicted octanol–water partition coefficient (Wildman–Crippen LogP) is 3.99. The SMILES string of the molecule is C[C@]12CCCCC1=CC[C@@H]1[C@H]2CC[C@@]2(C)[C@H]1CCC2(N)O. The molecule has 1 unspecified atom stereocenters. The predicted molar refractivity (Wildman–Crippen MR) is 85.5 cm³/mol. The minimum atomic E-state index is -0.930. The van der Waals surface area contributed by atoms with Gasteiger partial charge in [-0.25, -0.2) is 0 Å². The normalized spacial score (nSPS) is 56.2. The minimum absolute atomic E-state index is 0.0511. The van der Waals surface area contributed by atoms with Crippen LogP contribution in [0.5, 0.6) is 0 Å². The second-order valence-electron chi connectivity index (χ2n) is 8.89. The Bertz CT molecular complexity index is 482. The number of hydrogen-bond acceptors (Lipinski definition) is 2. The molecule has 4 rings (SSSR count). The molecular weight excluding hydrogens is 258 g/mol. The van der Waals surface area contributed by atoms with Crippen LogP contribution in [-0.4, -0.2) is 10.8 Å². The summed E-state index contributed by atoms with van der Waals surface area (Å²) in [4.78, 5) is 0. The van der Waals surface area contributed by atoms with E-state index in [9.17, 15) is 5.11 Å². The third kappa shape index (κ3) is 1.72. The van der Waals surface area contributed by atoms with Gasteiger partial charge in [0, 0.05) is 5.41 Å². The third-order valence-corrected chi connectivity index (χ3v) is 8.23. The highest BCUT2D eigenvalue weighted by Crippen LogP contribution is 2.66. The van der Waals surface area contributed by atoms with Crippen LogP contribution < -0.4 is 5.73 Å². The number of hydrogen-bond donors (Lipinski definition) is 2. The van der Waals surface area contributed by atoms with E-state index in [1.54, 1.807) is 5.57 Å². The van der Waals surface area contributed by atoms with Gasteiger partial charge in [-0.05, 0) is 74.5 Å². The van der Waals surface area contributed by atoms with Crippen molar-refractivity contribution in [2.75, 3.05) is 0 Å². The van der Waals surface area contributed by atoms with Crippen molar-refractivity contribution in [3.63, 3.8) is 0 Å². The van der Waals surface area contributed by atoms with Crippen LogP contribution in [-0.2, 0) is 0 Å². The van der Waals surface area contributed by atoms with Gasteiger partial charge in [-0.1, -0.05) is 31.9 Å². The molecule has 0 aromatic heterocycles. The Kier molecular flexibility index (Phi) is 2.96. The Morgan fingerprint density at radius 2 is 1.86 bits per heavy atom. The molecule has 0 radical (unpaired) electrons. The summed E-state index contributed by atoms with van der Waals surface area (Å²) >= 11 is 0. The van der Waals surface area contributed by atoms with Crippen LogP contribution in [0.1, 0.15) is 71.6 Å². The van der Waals surface area contributed by atoms with Crippen molar-refractivity contribution in [2.24, 2.45) is 34.3 Å². The van der Waals surface area contributed by atoms with Crippen LogP contribution in [0, 0.1) is 28.6 Å². The van der Waals surface area contributed by atoms with Gasteiger partial charge in [-0.15, -0.1) is 0 Å². The number of fused-ring (bicyclic) bond motifs is 5. The van der Waals surface area contributed by atoms with Crippen LogP contribution in [0.2, 0.25) is 0 Å². The standard InChI is InChI=1S/C19H31NO/c1-17-10-4-3-5-13(17)6-7-14-15(17)8-11-18(2)16(14)9-12-19(18,20)21/h6,14-16,21H,3-5,7-12,20H2,1-2H3/t14-,15-,16+,17+,18+,19?/m1/s1. The largest absolute Gasteiger partial charge is 0.376 e. The molecule has 4 aliphatic rings. The van der Waals surface area contributed by atoms with Crippen molar-refractivity contribution in [1.29, 1.82) is 0 Å². The number of allylic oxidation sites excluding steroid dienone is 2. The molecule has 118 valence electrons. The molecule has 0 aliphatic heterocycles. The molecule has 21 heavy (non-hydrogen) atoms. The molecule has 3 saturated carbocycles. The van der Waals surface area contributed by atoms with Gasteiger partial charge >= 0.3 is 0 Å². The molecule has 0 amide bonds. The first kappa shape index (κ1) is 14.3. The Balaban J connectivity index is 1.71. The van der Waals surface area contributed by atoms with Crippen LogP contribution >= 0.6 is 0 Å².